The highest BCUT2D eigenvalue weighted by molar-refractivity contribution is 5.52. The van der Waals surface area contributed by atoms with E-state index in [2.05, 4.69) is 10.3 Å². The summed E-state index contributed by atoms with van der Waals surface area (Å²) in [6.07, 6.45) is 0.748. The van der Waals surface area contributed by atoms with E-state index in [0.717, 1.165) is 17.7 Å². The first-order valence-corrected chi connectivity index (χ1v) is 6.73. The Morgan fingerprint density at radius 2 is 2.18 bits per heavy atom. The second-order valence-electron chi connectivity index (χ2n) is 4.81. The Bertz CT molecular complexity index is 770. The summed E-state index contributed by atoms with van der Waals surface area (Å²) < 4.78 is 5.58. The van der Waals surface area contributed by atoms with Crippen molar-refractivity contribution in [3.05, 3.63) is 57.8 Å². The third-order valence-corrected chi connectivity index (χ3v) is 3.46. The molecule has 2 heterocycles. The molecule has 0 amide bonds. The fourth-order valence-electron chi connectivity index (χ4n) is 2.43. The molecule has 110 valence electrons. The number of para-hydroxylation sites is 1. The Kier molecular flexibility index (Phi) is 3.58. The Balaban J connectivity index is 1.89. The van der Waals surface area contributed by atoms with Gasteiger partial charge in [-0.15, -0.1) is 0 Å². The van der Waals surface area contributed by atoms with Gasteiger partial charge < -0.3 is 10.1 Å². The van der Waals surface area contributed by atoms with Crippen LogP contribution in [0.5, 0.6) is 5.75 Å². The van der Waals surface area contributed by atoms with E-state index in [9.17, 15) is 10.1 Å². The smallest absolute Gasteiger partial charge is 0.305 e. The summed E-state index contributed by atoms with van der Waals surface area (Å²) in [5, 5.41) is 23.0. The lowest BCUT2D eigenvalue weighted by Crippen LogP contribution is -2.20. The molecule has 3 rings (SSSR count). The van der Waals surface area contributed by atoms with Crippen molar-refractivity contribution >= 4 is 11.5 Å². The number of hydrogen-bond donors (Lipinski definition) is 1. The minimum atomic E-state index is -0.612. The number of ether oxygens (including phenoxy) is 1. The van der Waals surface area contributed by atoms with Crippen LogP contribution >= 0.6 is 0 Å². The third kappa shape index (κ3) is 2.54. The van der Waals surface area contributed by atoms with Crippen LogP contribution in [0.1, 0.15) is 23.7 Å². The van der Waals surface area contributed by atoms with Crippen LogP contribution in [0.15, 0.2) is 36.4 Å². The van der Waals surface area contributed by atoms with Crippen LogP contribution in [0.3, 0.4) is 0 Å². The van der Waals surface area contributed by atoms with Gasteiger partial charge >= 0.3 is 5.69 Å². The van der Waals surface area contributed by atoms with Crippen LogP contribution in [-0.2, 0) is 0 Å². The fraction of sp³-hybridized carbons (Fsp3) is 0.200. The highest BCUT2D eigenvalue weighted by atomic mass is 16.6. The zero-order valence-corrected chi connectivity index (χ0v) is 11.5. The van der Waals surface area contributed by atoms with E-state index in [0.29, 0.717) is 12.4 Å². The molecule has 1 N–H and O–H groups in total. The number of aromatic nitrogens is 1. The van der Waals surface area contributed by atoms with Crippen LogP contribution in [0.25, 0.3) is 0 Å². The third-order valence-electron chi connectivity index (χ3n) is 3.46. The largest absolute Gasteiger partial charge is 0.493 e. The molecule has 0 saturated heterocycles. The molecule has 2 aromatic rings. The second-order valence-corrected chi connectivity index (χ2v) is 4.81. The zero-order valence-electron chi connectivity index (χ0n) is 11.5. The predicted octanol–water partition coefficient (Wildman–Crippen LogP) is 2.80. The van der Waals surface area contributed by atoms with E-state index in [1.54, 1.807) is 6.07 Å². The van der Waals surface area contributed by atoms with Crippen molar-refractivity contribution in [3.63, 3.8) is 0 Å². The van der Waals surface area contributed by atoms with Crippen molar-refractivity contribution in [1.29, 1.82) is 5.26 Å². The van der Waals surface area contributed by atoms with Gasteiger partial charge in [-0.1, -0.05) is 18.2 Å². The standard InChI is InChI=1S/C15H12N4O3/c16-9-12-13(19(20)21)5-6-15(18-12)17-11-7-8-22-14-4-2-1-3-10(11)14/h1-6,11H,7-8H2,(H,17,18). The molecule has 7 nitrogen and oxygen atoms in total. The molecule has 1 atom stereocenters. The minimum absolute atomic E-state index is 0.00884. The Labute approximate surface area is 126 Å². The number of nitrogens with zero attached hydrogens (tertiary/aromatic N) is 3. The highest BCUT2D eigenvalue weighted by Crippen LogP contribution is 2.34. The van der Waals surface area contributed by atoms with Crippen molar-refractivity contribution in [3.8, 4) is 11.8 Å². The first-order chi connectivity index (χ1) is 10.7. The lowest BCUT2D eigenvalue weighted by molar-refractivity contribution is -0.385. The van der Waals surface area contributed by atoms with Crippen molar-refractivity contribution in [2.45, 2.75) is 12.5 Å². The van der Waals surface area contributed by atoms with E-state index in [1.807, 2.05) is 24.3 Å². The van der Waals surface area contributed by atoms with Crippen molar-refractivity contribution in [2.75, 3.05) is 11.9 Å². The molecular formula is C15H12N4O3. The SMILES string of the molecule is N#Cc1nc(NC2CCOc3ccccc32)ccc1[N+](=O)[O-]. The fourth-order valence-corrected chi connectivity index (χ4v) is 2.43. The lowest BCUT2D eigenvalue weighted by Gasteiger charge is -2.27. The molecule has 22 heavy (non-hydrogen) atoms. The van der Waals surface area contributed by atoms with Gasteiger partial charge in [-0.25, -0.2) is 4.98 Å². The Morgan fingerprint density at radius 3 is 2.95 bits per heavy atom. The van der Waals surface area contributed by atoms with Crippen LogP contribution in [0, 0.1) is 21.4 Å². The summed E-state index contributed by atoms with van der Waals surface area (Å²) in [4.78, 5) is 14.2. The molecular weight excluding hydrogens is 284 g/mol. The minimum Gasteiger partial charge on any atom is -0.493 e. The van der Waals surface area contributed by atoms with E-state index < -0.39 is 4.92 Å². The van der Waals surface area contributed by atoms with Gasteiger partial charge in [0.1, 0.15) is 17.6 Å². The summed E-state index contributed by atoms with van der Waals surface area (Å²) in [5.41, 5.74) is 0.517. The van der Waals surface area contributed by atoms with Gasteiger partial charge in [-0.2, -0.15) is 5.26 Å². The first kappa shape index (κ1) is 13.8. The van der Waals surface area contributed by atoms with E-state index in [-0.39, 0.29) is 17.4 Å². The molecule has 7 heteroatoms. The molecule has 0 saturated carbocycles. The number of pyridine rings is 1. The zero-order chi connectivity index (χ0) is 15.5. The van der Waals surface area contributed by atoms with Gasteiger partial charge in [0.25, 0.3) is 0 Å². The van der Waals surface area contributed by atoms with Gasteiger partial charge in [-0.3, -0.25) is 10.1 Å². The molecule has 1 aromatic heterocycles. The summed E-state index contributed by atoms with van der Waals surface area (Å²) >= 11 is 0. The molecule has 0 aliphatic carbocycles. The van der Waals surface area contributed by atoms with E-state index in [1.165, 1.54) is 12.1 Å². The van der Waals surface area contributed by atoms with Gasteiger partial charge in [-0.05, 0) is 12.1 Å². The van der Waals surface area contributed by atoms with Gasteiger partial charge in [0, 0.05) is 18.1 Å². The predicted molar refractivity (Wildman–Crippen MR) is 78.5 cm³/mol. The Hall–Kier alpha value is -3.14. The average Bonchev–Trinajstić information content (AvgIpc) is 2.55. The van der Waals surface area contributed by atoms with Crippen molar-refractivity contribution < 1.29 is 9.66 Å². The maximum Gasteiger partial charge on any atom is 0.305 e. The molecule has 1 unspecified atom stereocenters. The van der Waals surface area contributed by atoms with Crippen molar-refractivity contribution in [2.24, 2.45) is 0 Å². The summed E-state index contributed by atoms with van der Waals surface area (Å²) in [7, 11) is 0. The molecule has 0 spiro atoms. The number of benzene rings is 1. The number of nitro groups is 1. The van der Waals surface area contributed by atoms with E-state index >= 15 is 0 Å². The number of nitriles is 1. The van der Waals surface area contributed by atoms with Crippen LogP contribution in [0.4, 0.5) is 11.5 Å². The van der Waals surface area contributed by atoms with E-state index in [4.69, 9.17) is 10.00 Å². The number of fused-ring (bicyclic) bond motifs is 1. The molecule has 0 bridgehead atoms. The van der Waals surface area contributed by atoms with Crippen molar-refractivity contribution in [1.82, 2.24) is 4.98 Å². The number of rotatable bonds is 3. The summed E-state index contributed by atoms with van der Waals surface area (Å²) in [6.45, 7) is 0.576. The number of hydrogen-bond acceptors (Lipinski definition) is 6. The van der Waals surface area contributed by atoms with Crippen LogP contribution in [0.2, 0.25) is 0 Å². The van der Waals surface area contributed by atoms with Gasteiger partial charge in [0.2, 0.25) is 5.69 Å². The topological polar surface area (TPSA) is 101 Å². The monoisotopic (exact) mass is 296 g/mol. The summed E-state index contributed by atoms with van der Waals surface area (Å²) in [5.74, 6) is 1.25. The van der Waals surface area contributed by atoms with Gasteiger partial charge in [0.15, 0.2) is 0 Å². The highest BCUT2D eigenvalue weighted by Gasteiger charge is 2.22. The second kappa shape index (κ2) is 5.69. The molecule has 1 aromatic carbocycles. The molecule has 0 radical (unpaired) electrons. The first-order valence-electron chi connectivity index (χ1n) is 6.73. The van der Waals surface area contributed by atoms with Gasteiger partial charge in [0.05, 0.1) is 17.6 Å². The van der Waals surface area contributed by atoms with Crippen LogP contribution < -0.4 is 10.1 Å². The normalized spacial score (nSPS) is 16.0. The molecule has 1 aliphatic rings. The summed E-state index contributed by atoms with van der Waals surface area (Å²) in [6, 6.07) is 12.2. The average molecular weight is 296 g/mol. The molecule has 0 fully saturated rings. The number of anilines is 1. The Morgan fingerprint density at radius 1 is 1.36 bits per heavy atom. The maximum absolute atomic E-state index is 10.8. The molecule has 1 aliphatic heterocycles. The maximum atomic E-state index is 10.8. The number of nitrogens with one attached hydrogen (secondary N) is 1. The quantitative estimate of drug-likeness (QED) is 0.690. The lowest BCUT2D eigenvalue weighted by atomic mass is 10.0. The van der Waals surface area contributed by atoms with Crippen LogP contribution in [-0.4, -0.2) is 16.5 Å².